The number of anilines is 1. The molecule has 0 bridgehead atoms. The van der Waals surface area contributed by atoms with E-state index in [0.29, 0.717) is 35.8 Å². The minimum atomic E-state index is -0.550. The number of fused-ring (bicyclic) bond motifs is 1. The normalized spacial score (nSPS) is 11.3. The van der Waals surface area contributed by atoms with Crippen LogP contribution in [-0.2, 0) is 33.8 Å². The average Bonchev–Trinajstić information content (AvgIpc) is 3.16. The van der Waals surface area contributed by atoms with E-state index in [-0.39, 0.29) is 18.8 Å². The second-order valence-corrected chi connectivity index (χ2v) is 9.48. The molecule has 36 heavy (non-hydrogen) atoms. The van der Waals surface area contributed by atoms with Gasteiger partial charge in [0.25, 0.3) is 11.5 Å². The Bertz CT molecular complexity index is 1370. The largest absolute Gasteiger partial charge is 0.456 e. The summed E-state index contributed by atoms with van der Waals surface area (Å²) in [7, 11) is 0. The number of hydrogen-bond donors (Lipinski definition) is 2. The van der Waals surface area contributed by atoms with E-state index in [2.05, 4.69) is 15.3 Å². The van der Waals surface area contributed by atoms with E-state index < -0.39 is 29.7 Å². The number of imidazole rings is 1. The molecule has 1 amide bonds. The lowest BCUT2D eigenvalue weighted by Gasteiger charge is -2.11. The van der Waals surface area contributed by atoms with Crippen molar-refractivity contribution in [1.29, 1.82) is 0 Å². The van der Waals surface area contributed by atoms with Crippen LogP contribution in [0.2, 0.25) is 0 Å². The van der Waals surface area contributed by atoms with Gasteiger partial charge >= 0.3 is 11.7 Å². The first kappa shape index (κ1) is 26.9. The zero-order chi connectivity index (χ0) is 26.4. The molecule has 194 valence electrons. The summed E-state index contributed by atoms with van der Waals surface area (Å²) >= 11 is 0. The van der Waals surface area contributed by atoms with E-state index in [1.54, 1.807) is 10.6 Å². The van der Waals surface area contributed by atoms with Crippen molar-refractivity contribution in [2.24, 2.45) is 5.92 Å². The second-order valence-electron chi connectivity index (χ2n) is 9.48. The Morgan fingerprint density at radius 3 is 2.56 bits per heavy atom. The van der Waals surface area contributed by atoms with Gasteiger partial charge in [-0.1, -0.05) is 33.3 Å². The molecule has 10 heteroatoms. The van der Waals surface area contributed by atoms with E-state index in [9.17, 15) is 19.2 Å². The molecule has 2 aromatic heterocycles. The van der Waals surface area contributed by atoms with Gasteiger partial charge in [0.15, 0.2) is 17.8 Å². The van der Waals surface area contributed by atoms with E-state index in [1.807, 2.05) is 46.8 Å². The third-order valence-corrected chi connectivity index (χ3v) is 5.96. The van der Waals surface area contributed by atoms with Crippen LogP contribution in [0.4, 0.5) is 5.69 Å². The molecular formula is C26H35N5O5. The minimum Gasteiger partial charge on any atom is -0.456 e. The number of H-pyrrole nitrogens is 1. The van der Waals surface area contributed by atoms with E-state index >= 15 is 0 Å². The van der Waals surface area contributed by atoms with E-state index in [4.69, 9.17) is 4.74 Å². The molecule has 3 rings (SSSR count). The van der Waals surface area contributed by atoms with Crippen molar-refractivity contribution in [3.63, 3.8) is 0 Å². The summed E-state index contributed by atoms with van der Waals surface area (Å²) in [4.78, 5) is 56.7. The molecule has 0 saturated heterocycles. The summed E-state index contributed by atoms with van der Waals surface area (Å²) in [6.45, 7) is 10.5. The number of rotatable bonds is 11. The molecule has 0 aliphatic heterocycles. The van der Waals surface area contributed by atoms with Crippen LogP contribution in [0.1, 0.15) is 57.0 Å². The lowest BCUT2D eigenvalue weighted by molar-refractivity contribution is -0.147. The van der Waals surface area contributed by atoms with Crippen molar-refractivity contribution in [2.75, 3.05) is 11.9 Å². The molecule has 0 aliphatic carbocycles. The maximum Gasteiger partial charge on any atom is 0.330 e. The van der Waals surface area contributed by atoms with Crippen LogP contribution in [0.3, 0.4) is 0 Å². The Kier molecular flexibility index (Phi) is 8.84. The fourth-order valence-electron chi connectivity index (χ4n) is 3.94. The van der Waals surface area contributed by atoms with E-state index in [1.165, 1.54) is 4.57 Å². The SMILES string of the molecule is CCCCn1c(=O)[nH]c(=O)c2c1nc(CCC(=O)OCC(=O)Nc1ccc(C)c(C)c1)n2CC(C)C. The quantitative estimate of drug-likeness (QED) is 0.392. The Hall–Kier alpha value is -3.69. The molecule has 2 N–H and O–H groups in total. The molecule has 0 atom stereocenters. The number of nitrogens with one attached hydrogen (secondary N) is 2. The van der Waals surface area contributed by atoms with Gasteiger partial charge in [-0.2, -0.15) is 0 Å². The number of nitrogens with zero attached hydrogens (tertiary/aromatic N) is 3. The van der Waals surface area contributed by atoms with Crippen molar-refractivity contribution in [3.8, 4) is 0 Å². The van der Waals surface area contributed by atoms with Gasteiger partial charge in [-0.3, -0.25) is 23.9 Å². The van der Waals surface area contributed by atoms with Crippen molar-refractivity contribution in [3.05, 3.63) is 56.0 Å². The number of aryl methyl sites for hydroxylation is 4. The molecule has 0 spiro atoms. The van der Waals surface area contributed by atoms with Gasteiger partial charge in [0.2, 0.25) is 0 Å². The molecule has 2 heterocycles. The van der Waals surface area contributed by atoms with Crippen LogP contribution < -0.4 is 16.6 Å². The minimum absolute atomic E-state index is 0.0184. The van der Waals surface area contributed by atoms with Gasteiger partial charge in [-0.25, -0.2) is 9.78 Å². The highest BCUT2D eigenvalue weighted by atomic mass is 16.5. The van der Waals surface area contributed by atoms with Crippen molar-refractivity contribution in [1.82, 2.24) is 19.1 Å². The number of unbranched alkanes of at least 4 members (excludes halogenated alkanes) is 1. The molecule has 1 aromatic carbocycles. The number of benzene rings is 1. The highest BCUT2D eigenvalue weighted by Crippen LogP contribution is 2.17. The molecule has 0 unspecified atom stereocenters. The number of ether oxygens (including phenoxy) is 1. The first-order chi connectivity index (χ1) is 17.1. The number of carbonyl (C=O) groups excluding carboxylic acids is 2. The predicted molar refractivity (Wildman–Crippen MR) is 138 cm³/mol. The van der Waals surface area contributed by atoms with Gasteiger partial charge in [-0.05, 0) is 49.4 Å². The Balaban J connectivity index is 1.72. The topological polar surface area (TPSA) is 128 Å². The first-order valence-corrected chi connectivity index (χ1v) is 12.4. The van der Waals surface area contributed by atoms with Gasteiger partial charge in [0, 0.05) is 25.2 Å². The van der Waals surface area contributed by atoms with Crippen molar-refractivity contribution < 1.29 is 14.3 Å². The highest BCUT2D eigenvalue weighted by Gasteiger charge is 2.20. The molecular weight excluding hydrogens is 462 g/mol. The summed E-state index contributed by atoms with van der Waals surface area (Å²) in [5, 5.41) is 2.72. The van der Waals surface area contributed by atoms with Crippen LogP contribution in [0.5, 0.6) is 0 Å². The number of hydrogen-bond acceptors (Lipinski definition) is 6. The summed E-state index contributed by atoms with van der Waals surface area (Å²) < 4.78 is 8.42. The van der Waals surface area contributed by atoms with Gasteiger partial charge in [0.1, 0.15) is 5.82 Å². The summed E-state index contributed by atoms with van der Waals surface area (Å²) in [6, 6.07) is 5.56. The number of esters is 1. The number of amides is 1. The second kappa shape index (κ2) is 11.8. The zero-order valence-electron chi connectivity index (χ0n) is 21.6. The summed E-state index contributed by atoms with van der Waals surface area (Å²) in [5.41, 5.74) is 2.48. The predicted octanol–water partition coefficient (Wildman–Crippen LogP) is 3.07. The van der Waals surface area contributed by atoms with Gasteiger partial charge in [-0.15, -0.1) is 0 Å². The Morgan fingerprint density at radius 1 is 1.14 bits per heavy atom. The molecule has 0 fully saturated rings. The summed E-state index contributed by atoms with van der Waals surface area (Å²) in [6.07, 6.45) is 1.84. The average molecular weight is 498 g/mol. The molecule has 0 saturated carbocycles. The Morgan fingerprint density at radius 2 is 1.89 bits per heavy atom. The van der Waals surface area contributed by atoms with Gasteiger partial charge < -0.3 is 14.6 Å². The lowest BCUT2D eigenvalue weighted by atomic mass is 10.1. The summed E-state index contributed by atoms with van der Waals surface area (Å²) in [5.74, 6) is -0.245. The number of aromatic nitrogens is 4. The smallest absolute Gasteiger partial charge is 0.330 e. The third-order valence-electron chi connectivity index (χ3n) is 5.96. The van der Waals surface area contributed by atoms with Crippen LogP contribution >= 0.6 is 0 Å². The number of aromatic amines is 1. The fourth-order valence-corrected chi connectivity index (χ4v) is 3.94. The standard InChI is InChI=1S/C26H35N5O5/c1-6-7-12-30-24-23(25(34)29-26(30)35)31(14-16(2)3)20(28-24)10-11-22(33)36-15-21(32)27-19-9-8-17(4)18(5)13-19/h8-9,13,16H,6-7,10-12,14-15H2,1-5H3,(H,27,32)(H,29,34,35). The Labute approximate surface area is 209 Å². The molecule has 0 radical (unpaired) electrons. The van der Waals surface area contributed by atoms with Crippen molar-refractivity contribution >= 4 is 28.7 Å². The van der Waals surface area contributed by atoms with E-state index in [0.717, 1.165) is 24.0 Å². The number of carbonyl (C=O) groups is 2. The first-order valence-electron chi connectivity index (χ1n) is 12.4. The van der Waals surface area contributed by atoms with Crippen LogP contribution in [-0.4, -0.2) is 37.6 Å². The van der Waals surface area contributed by atoms with Crippen LogP contribution in [0.15, 0.2) is 27.8 Å². The van der Waals surface area contributed by atoms with Crippen LogP contribution in [0.25, 0.3) is 11.2 Å². The zero-order valence-corrected chi connectivity index (χ0v) is 21.6. The lowest BCUT2D eigenvalue weighted by Crippen LogP contribution is -2.31. The maximum atomic E-state index is 12.7. The molecule has 10 nitrogen and oxygen atoms in total. The molecule has 3 aromatic rings. The van der Waals surface area contributed by atoms with Crippen molar-refractivity contribution in [2.45, 2.75) is 73.4 Å². The third kappa shape index (κ3) is 6.50. The van der Waals surface area contributed by atoms with Crippen LogP contribution in [0, 0.1) is 19.8 Å². The highest BCUT2D eigenvalue weighted by molar-refractivity contribution is 5.92. The molecule has 0 aliphatic rings. The van der Waals surface area contributed by atoms with Gasteiger partial charge in [0.05, 0.1) is 6.42 Å². The monoisotopic (exact) mass is 497 g/mol. The maximum absolute atomic E-state index is 12.7. The fraction of sp³-hybridized carbons (Fsp3) is 0.500.